The van der Waals surface area contributed by atoms with Gasteiger partial charge in [0, 0.05) is 24.6 Å². The van der Waals surface area contributed by atoms with Gasteiger partial charge in [0.2, 0.25) is 0 Å². The Morgan fingerprint density at radius 2 is 2.00 bits per heavy atom. The molecule has 1 aliphatic rings. The van der Waals surface area contributed by atoms with Gasteiger partial charge in [0.15, 0.2) is 0 Å². The van der Waals surface area contributed by atoms with Crippen LogP contribution < -0.4 is 10.1 Å². The number of hydrogen-bond donors (Lipinski definition) is 1. The molecule has 0 amide bonds. The summed E-state index contributed by atoms with van der Waals surface area (Å²) in [4.78, 5) is 10.5. The largest absolute Gasteiger partial charge is 0.488 e. The molecule has 0 aromatic heterocycles. The Kier molecular flexibility index (Phi) is 6.11. The monoisotopic (exact) mass is 368 g/mol. The Labute approximate surface area is 160 Å². The molecule has 144 valence electrons. The second kappa shape index (κ2) is 8.53. The van der Waals surface area contributed by atoms with Crippen LogP contribution in [-0.4, -0.2) is 23.6 Å². The normalized spacial score (nSPS) is 17.8. The molecule has 0 aliphatic carbocycles. The molecule has 0 saturated carbocycles. The van der Waals surface area contributed by atoms with E-state index >= 15 is 0 Å². The lowest BCUT2D eigenvalue weighted by atomic mass is 9.84. The summed E-state index contributed by atoms with van der Waals surface area (Å²) in [6.07, 6.45) is 3.95. The van der Waals surface area contributed by atoms with E-state index in [0.717, 1.165) is 50.1 Å². The average Bonchev–Trinajstić information content (AvgIpc) is 2.63. The van der Waals surface area contributed by atoms with Crippen LogP contribution in [0.3, 0.4) is 0 Å². The van der Waals surface area contributed by atoms with Crippen LogP contribution in [0.15, 0.2) is 48.5 Å². The van der Waals surface area contributed by atoms with Crippen molar-refractivity contribution in [2.75, 3.05) is 13.1 Å². The second-order valence-corrected chi connectivity index (χ2v) is 7.89. The fourth-order valence-corrected chi connectivity index (χ4v) is 3.82. The van der Waals surface area contributed by atoms with E-state index in [9.17, 15) is 10.1 Å². The maximum absolute atomic E-state index is 10.8. The van der Waals surface area contributed by atoms with Crippen molar-refractivity contribution in [1.82, 2.24) is 5.32 Å². The second-order valence-electron chi connectivity index (χ2n) is 7.89. The highest BCUT2D eigenvalue weighted by Gasteiger charge is 2.33. The van der Waals surface area contributed by atoms with E-state index in [1.807, 2.05) is 12.1 Å². The summed E-state index contributed by atoms with van der Waals surface area (Å²) in [5, 5.41) is 14.4. The van der Waals surface area contributed by atoms with Crippen molar-refractivity contribution in [2.24, 2.45) is 0 Å². The van der Waals surface area contributed by atoms with Gasteiger partial charge in [0.25, 0.3) is 5.69 Å². The number of nitrogens with zero attached hydrogens (tertiary/aromatic N) is 1. The maximum atomic E-state index is 10.8. The van der Waals surface area contributed by atoms with Crippen molar-refractivity contribution in [3.05, 3.63) is 69.8 Å². The highest BCUT2D eigenvalue weighted by atomic mass is 16.6. The van der Waals surface area contributed by atoms with E-state index < -0.39 is 0 Å². The molecule has 1 unspecified atom stereocenters. The van der Waals surface area contributed by atoms with E-state index in [0.29, 0.717) is 5.92 Å². The molecule has 1 heterocycles. The Morgan fingerprint density at radius 1 is 1.19 bits per heavy atom. The van der Waals surface area contributed by atoms with Gasteiger partial charge in [-0.15, -0.1) is 0 Å². The first-order valence-electron chi connectivity index (χ1n) is 9.67. The lowest BCUT2D eigenvalue weighted by molar-refractivity contribution is -0.384. The zero-order valence-electron chi connectivity index (χ0n) is 16.1. The zero-order chi connectivity index (χ0) is 19.3. The van der Waals surface area contributed by atoms with Crippen molar-refractivity contribution in [3.63, 3.8) is 0 Å². The third-order valence-electron chi connectivity index (χ3n) is 5.06. The molecule has 1 atom stereocenters. The molecule has 0 spiro atoms. The van der Waals surface area contributed by atoms with Crippen molar-refractivity contribution < 1.29 is 9.66 Å². The minimum Gasteiger partial charge on any atom is -0.488 e. The number of hydrogen-bond acceptors (Lipinski definition) is 4. The van der Waals surface area contributed by atoms with Gasteiger partial charge in [-0.05, 0) is 63.3 Å². The molecule has 2 aromatic carbocycles. The van der Waals surface area contributed by atoms with Crippen LogP contribution in [0.25, 0.3) is 0 Å². The smallest absolute Gasteiger partial charge is 0.269 e. The van der Waals surface area contributed by atoms with Crippen molar-refractivity contribution in [3.8, 4) is 5.75 Å². The van der Waals surface area contributed by atoms with Gasteiger partial charge in [-0.2, -0.15) is 0 Å². The number of nitro groups is 1. The van der Waals surface area contributed by atoms with Crippen molar-refractivity contribution in [2.45, 2.75) is 51.0 Å². The highest BCUT2D eigenvalue weighted by Crippen LogP contribution is 2.40. The minimum atomic E-state index is -0.335. The van der Waals surface area contributed by atoms with Gasteiger partial charge in [0.1, 0.15) is 11.4 Å². The first-order chi connectivity index (χ1) is 12.9. The molecule has 5 nitrogen and oxygen atoms in total. The molecule has 0 radical (unpaired) electrons. The number of unbranched alkanes of at least 4 members (excludes halogenated alkanes) is 1. The molecule has 1 aliphatic heterocycles. The Balaban J connectivity index is 1.43. The van der Waals surface area contributed by atoms with Gasteiger partial charge in [0.05, 0.1) is 4.92 Å². The SMILES string of the molecule is CC1(C)CC(CNCCCCc2cccc([N+](=O)[O-])c2)c2ccccc2O1. The van der Waals surface area contributed by atoms with Crippen LogP contribution in [0.1, 0.15) is 50.2 Å². The molecule has 27 heavy (non-hydrogen) atoms. The fraction of sp³-hybridized carbons (Fsp3) is 0.455. The Morgan fingerprint density at radius 3 is 2.81 bits per heavy atom. The lowest BCUT2D eigenvalue weighted by Gasteiger charge is -2.37. The van der Waals surface area contributed by atoms with Crippen LogP contribution in [0.4, 0.5) is 5.69 Å². The third-order valence-corrected chi connectivity index (χ3v) is 5.06. The maximum Gasteiger partial charge on any atom is 0.269 e. The predicted octanol–water partition coefficient (Wildman–Crippen LogP) is 4.85. The van der Waals surface area contributed by atoms with Crippen LogP contribution >= 0.6 is 0 Å². The number of para-hydroxylation sites is 1. The summed E-state index contributed by atoms with van der Waals surface area (Å²) in [6, 6.07) is 15.3. The third kappa shape index (κ3) is 5.30. The summed E-state index contributed by atoms with van der Waals surface area (Å²) in [5.74, 6) is 1.47. The van der Waals surface area contributed by atoms with E-state index in [1.54, 1.807) is 12.1 Å². The molecule has 1 N–H and O–H groups in total. The molecule has 5 heteroatoms. The van der Waals surface area contributed by atoms with Crippen molar-refractivity contribution >= 4 is 5.69 Å². The van der Waals surface area contributed by atoms with Crippen molar-refractivity contribution in [1.29, 1.82) is 0 Å². The number of ether oxygens (including phenoxy) is 1. The van der Waals surface area contributed by atoms with Gasteiger partial charge in [-0.3, -0.25) is 10.1 Å². The summed E-state index contributed by atoms with van der Waals surface area (Å²) >= 11 is 0. The summed E-state index contributed by atoms with van der Waals surface area (Å²) < 4.78 is 6.09. The lowest BCUT2D eigenvalue weighted by Crippen LogP contribution is -2.38. The number of fused-ring (bicyclic) bond motifs is 1. The number of rotatable bonds is 8. The minimum absolute atomic E-state index is 0.136. The molecular formula is C22H28N2O3. The Bertz CT molecular complexity index is 789. The summed E-state index contributed by atoms with van der Waals surface area (Å²) in [7, 11) is 0. The van der Waals surface area contributed by atoms with Gasteiger partial charge in [-0.25, -0.2) is 0 Å². The standard InChI is InChI=1S/C22H28N2O3/c1-22(2)15-18(20-11-3-4-12-21(20)27-22)16-23-13-6-5-8-17-9-7-10-19(14-17)24(25)26/h3-4,7,9-12,14,18,23H,5-6,8,13,15-16H2,1-2H3. The Hall–Kier alpha value is -2.40. The fourth-order valence-electron chi connectivity index (χ4n) is 3.82. The van der Waals surface area contributed by atoms with Crippen LogP contribution in [0.5, 0.6) is 5.75 Å². The first kappa shape index (κ1) is 19.4. The van der Waals surface area contributed by atoms with Crippen LogP contribution in [-0.2, 0) is 6.42 Å². The molecule has 0 fully saturated rings. The number of non-ortho nitro benzene ring substituents is 1. The van der Waals surface area contributed by atoms with Crippen LogP contribution in [0, 0.1) is 10.1 Å². The number of nitrogens with one attached hydrogen (secondary N) is 1. The number of benzene rings is 2. The first-order valence-corrected chi connectivity index (χ1v) is 9.67. The number of aryl methyl sites for hydroxylation is 1. The molecule has 3 rings (SSSR count). The van der Waals surface area contributed by atoms with E-state index in [1.165, 1.54) is 11.6 Å². The summed E-state index contributed by atoms with van der Waals surface area (Å²) in [6.45, 7) is 6.19. The zero-order valence-corrected chi connectivity index (χ0v) is 16.1. The van der Waals surface area contributed by atoms with E-state index in [2.05, 4.69) is 37.4 Å². The average molecular weight is 368 g/mol. The molecular weight excluding hydrogens is 340 g/mol. The molecule has 0 saturated heterocycles. The topological polar surface area (TPSA) is 64.4 Å². The quantitative estimate of drug-likeness (QED) is 0.411. The molecule has 0 bridgehead atoms. The van der Waals surface area contributed by atoms with Gasteiger partial charge >= 0.3 is 0 Å². The summed E-state index contributed by atoms with van der Waals surface area (Å²) in [5.41, 5.74) is 2.36. The van der Waals surface area contributed by atoms with Crippen LogP contribution in [0.2, 0.25) is 0 Å². The van der Waals surface area contributed by atoms with E-state index in [-0.39, 0.29) is 16.2 Å². The predicted molar refractivity (Wildman–Crippen MR) is 107 cm³/mol. The van der Waals surface area contributed by atoms with E-state index in [4.69, 9.17) is 4.74 Å². The number of nitro benzene ring substituents is 1. The highest BCUT2D eigenvalue weighted by molar-refractivity contribution is 5.39. The molecule has 2 aromatic rings. The van der Waals surface area contributed by atoms with Gasteiger partial charge < -0.3 is 10.1 Å². The van der Waals surface area contributed by atoms with Gasteiger partial charge in [-0.1, -0.05) is 30.3 Å².